The first-order chi connectivity index (χ1) is 15.0. The summed E-state index contributed by atoms with van der Waals surface area (Å²) in [6, 6.07) is 15.5. The average molecular weight is 424 g/mol. The van der Waals surface area contributed by atoms with E-state index in [2.05, 4.69) is 22.3 Å². The first-order valence-corrected chi connectivity index (χ1v) is 10.5. The molecule has 7 heteroatoms. The van der Waals surface area contributed by atoms with Gasteiger partial charge in [0.2, 0.25) is 5.91 Å². The largest absolute Gasteiger partial charge is 0.497 e. The van der Waals surface area contributed by atoms with Crippen LogP contribution in [-0.2, 0) is 11.3 Å². The summed E-state index contributed by atoms with van der Waals surface area (Å²) < 4.78 is 10.6. The van der Waals surface area contributed by atoms with Crippen LogP contribution >= 0.6 is 0 Å². The van der Waals surface area contributed by atoms with Gasteiger partial charge in [-0.05, 0) is 17.7 Å². The molecular formula is C24H29N3O4. The number of methoxy groups -OCH3 is 2. The molecule has 0 saturated carbocycles. The molecule has 0 bridgehead atoms. The summed E-state index contributed by atoms with van der Waals surface area (Å²) in [5.74, 6) is 1.00. The maximum absolute atomic E-state index is 13.1. The monoisotopic (exact) mass is 423 g/mol. The average Bonchev–Trinajstić information content (AvgIpc) is 3.16. The lowest BCUT2D eigenvalue weighted by atomic mass is 9.71. The minimum absolute atomic E-state index is 0.0470. The Morgan fingerprint density at radius 1 is 1.03 bits per heavy atom. The molecule has 7 nitrogen and oxygen atoms in total. The van der Waals surface area contributed by atoms with Gasteiger partial charge < -0.3 is 19.7 Å². The molecular weight excluding hydrogens is 394 g/mol. The molecule has 2 aliphatic heterocycles. The van der Waals surface area contributed by atoms with Gasteiger partial charge in [-0.1, -0.05) is 30.3 Å². The minimum atomic E-state index is -0.215. The van der Waals surface area contributed by atoms with Crippen molar-refractivity contribution in [2.24, 2.45) is 11.3 Å². The fourth-order valence-corrected chi connectivity index (χ4v) is 4.86. The molecule has 1 unspecified atom stereocenters. The molecule has 0 radical (unpaired) electrons. The number of ether oxygens (including phenoxy) is 2. The van der Waals surface area contributed by atoms with E-state index in [1.165, 1.54) is 5.56 Å². The first kappa shape index (κ1) is 21.2. The van der Waals surface area contributed by atoms with E-state index in [4.69, 9.17) is 9.47 Å². The van der Waals surface area contributed by atoms with Gasteiger partial charge in [0.1, 0.15) is 11.5 Å². The molecule has 2 amide bonds. The number of amides is 2. The van der Waals surface area contributed by atoms with Crippen molar-refractivity contribution in [3.63, 3.8) is 0 Å². The highest BCUT2D eigenvalue weighted by Crippen LogP contribution is 2.45. The molecule has 1 N–H and O–H groups in total. The number of nitrogens with one attached hydrogen (secondary N) is 1. The molecule has 31 heavy (non-hydrogen) atoms. The summed E-state index contributed by atoms with van der Waals surface area (Å²) >= 11 is 0. The van der Waals surface area contributed by atoms with Gasteiger partial charge in [-0.3, -0.25) is 14.5 Å². The third kappa shape index (κ3) is 4.10. The van der Waals surface area contributed by atoms with Crippen LogP contribution in [0.3, 0.4) is 0 Å². The number of carbonyl (C=O) groups excluding carboxylic acids is 2. The van der Waals surface area contributed by atoms with Gasteiger partial charge in [0.15, 0.2) is 0 Å². The highest BCUT2D eigenvalue weighted by atomic mass is 16.5. The van der Waals surface area contributed by atoms with Crippen LogP contribution in [0, 0.1) is 11.3 Å². The Balaban J connectivity index is 1.49. The minimum Gasteiger partial charge on any atom is -0.497 e. The maximum Gasteiger partial charge on any atom is 0.254 e. The van der Waals surface area contributed by atoms with Gasteiger partial charge in [0, 0.05) is 56.8 Å². The van der Waals surface area contributed by atoms with Crippen molar-refractivity contribution in [1.29, 1.82) is 0 Å². The molecule has 2 aliphatic rings. The second-order valence-corrected chi connectivity index (χ2v) is 8.45. The zero-order chi connectivity index (χ0) is 22.0. The van der Waals surface area contributed by atoms with Crippen LogP contribution in [0.25, 0.3) is 0 Å². The van der Waals surface area contributed by atoms with Crippen LogP contribution in [0.1, 0.15) is 15.9 Å². The van der Waals surface area contributed by atoms with Crippen molar-refractivity contribution >= 4 is 11.8 Å². The fraction of sp³-hybridized carbons (Fsp3) is 0.417. The van der Waals surface area contributed by atoms with E-state index in [9.17, 15) is 9.59 Å². The van der Waals surface area contributed by atoms with Gasteiger partial charge in [-0.15, -0.1) is 0 Å². The van der Waals surface area contributed by atoms with E-state index in [1.807, 2.05) is 23.1 Å². The molecule has 4 rings (SSSR count). The Labute approximate surface area is 182 Å². The Hall–Kier alpha value is -3.06. The lowest BCUT2D eigenvalue weighted by Crippen LogP contribution is -2.63. The van der Waals surface area contributed by atoms with Crippen LogP contribution in [0.4, 0.5) is 0 Å². The lowest BCUT2D eigenvalue weighted by Gasteiger charge is -2.50. The van der Waals surface area contributed by atoms with E-state index in [1.54, 1.807) is 39.5 Å². The zero-order valence-corrected chi connectivity index (χ0v) is 18.3. The Morgan fingerprint density at radius 3 is 2.26 bits per heavy atom. The van der Waals surface area contributed by atoms with Crippen molar-refractivity contribution in [1.82, 2.24) is 15.1 Å². The van der Waals surface area contributed by atoms with Gasteiger partial charge in [0.25, 0.3) is 5.91 Å². The molecule has 0 aromatic heterocycles. The normalized spacial score (nSPS) is 19.7. The topological polar surface area (TPSA) is 71.1 Å². The van der Waals surface area contributed by atoms with Crippen molar-refractivity contribution in [3.05, 3.63) is 59.7 Å². The van der Waals surface area contributed by atoms with E-state index >= 15 is 0 Å². The predicted molar refractivity (Wildman–Crippen MR) is 117 cm³/mol. The zero-order valence-electron chi connectivity index (χ0n) is 18.3. The van der Waals surface area contributed by atoms with Crippen molar-refractivity contribution in [3.8, 4) is 11.5 Å². The van der Waals surface area contributed by atoms with Gasteiger partial charge in [-0.25, -0.2) is 0 Å². The molecule has 2 heterocycles. The molecule has 2 fully saturated rings. The highest BCUT2D eigenvalue weighted by molar-refractivity contribution is 5.96. The van der Waals surface area contributed by atoms with Crippen molar-refractivity contribution in [2.75, 3.05) is 47.4 Å². The Bertz CT molecular complexity index is 934. The fourth-order valence-electron chi connectivity index (χ4n) is 4.86. The highest BCUT2D eigenvalue weighted by Gasteiger charge is 2.57. The number of nitrogens with zero attached hydrogens (tertiary/aromatic N) is 2. The molecule has 0 aliphatic carbocycles. The molecule has 1 atom stereocenters. The summed E-state index contributed by atoms with van der Waals surface area (Å²) in [7, 11) is 4.81. The molecule has 164 valence electrons. The number of likely N-dealkylation sites (tertiary alicyclic amines) is 2. The number of hydrogen-bond donors (Lipinski definition) is 1. The van der Waals surface area contributed by atoms with E-state index in [0.29, 0.717) is 36.7 Å². The SMILES string of the molecule is CNC(=O)C1CN(Cc2ccccc2)CC12CN(C(=O)c1cc(OC)cc(OC)c1)C2. The Morgan fingerprint density at radius 2 is 1.68 bits per heavy atom. The van der Waals surface area contributed by atoms with Crippen LogP contribution in [0.2, 0.25) is 0 Å². The Kier molecular flexibility index (Phi) is 5.87. The van der Waals surface area contributed by atoms with E-state index in [0.717, 1.165) is 13.1 Å². The van der Waals surface area contributed by atoms with Crippen molar-refractivity contribution < 1.29 is 19.1 Å². The summed E-state index contributed by atoms with van der Waals surface area (Å²) in [6.07, 6.45) is 0. The quantitative estimate of drug-likeness (QED) is 0.770. The van der Waals surface area contributed by atoms with E-state index < -0.39 is 0 Å². The smallest absolute Gasteiger partial charge is 0.254 e. The van der Waals surface area contributed by atoms with E-state index in [-0.39, 0.29) is 23.1 Å². The first-order valence-electron chi connectivity index (χ1n) is 10.5. The molecule has 2 saturated heterocycles. The molecule has 2 aromatic rings. The predicted octanol–water partition coefficient (Wildman–Crippen LogP) is 2.02. The van der Waals surface area contributed by atoms with Crippen LogP contribution in [0.5, 0.6) is 11.5 Å². The molecule has 1 spiro atoms. The van der Waals surface area contributed by atoms with Gasteiger partial charge >= 0.3 is 0 Å². The number of hydrogen-bond acceptors (Lipinski definition) is 5. The lowest BCUT2D eigenvalue weighted by molar-refractivity contribution is -0.130. The maximum atomic E-state index is 13.1. The van der Waals surface area contributed by atoms with Crippen LogP contribution in [-0.4, -0.2) is 69.1 Å². The van der Waals surface area contributed by atoms with Gasteiger partial charge in [-0.2, -0.15) is 0 Å². The summed E-state index contributed by atoms with van der Waals surface area (Å²) in [6.45, 7) is 3.43. The van der Waals surface area contributed by atoms with Gasteiger partial charge in [0.05, 0.1) is 20.1 Å². The van der Waals surface area contributed by atoms with Crippen molar-refractivity contribution in [2.45, 2.75) is 6.54 Å². The second-order valence-electron chi connectivity index (χ2n) is 8.45. The summed E-state index contributed by atoms with van der Waals surface area (Å²) in [5.41, 5.74) is 1.54. The van der Waals surface area contributed by atoms with Crippen LogP contribution < -0.4 is 14.8 Å². The third-order valence-corrected chi connectivity index (χ3v) is 6.43. The standard InChI is InChI=1S/C24H29N3O4/c1-25-22(28)21-13-26(12-17-7-5-4-6-8-17)14-24(21)15-27(16-24)23(29)18-9-19(30-2)11-20(10-18)31-3/h4-11,21H,12-16H2,1-3H3,(H,25,28). The number of benzene rings is 2. The number of rotatable bonds is 6. The van der Waals surface area contributed by atoms with Crippen LogP contribution in [0.15, 0.2) is 48.5 Å². The second kappa shape index (κ2) is 8.59. The summed E-state index contributed by atoms with van der Waals surface area (Å²) in [5, 5.41) is 2.82. The molecule has 2 aromatic carbocycles. The number of carbonyl (C=O) groups is 2. The third-order valence-electron chi connectivity index (χ3n) is 6.43. The summed E-state index contributed by atoms with van der Waals surface area (Å²) in [4.78, 5) is 29.9.